The van der Waals surface area contributed by atoms with E-state index in [1.165, 1.54) is 0 Å². The molecule has 0 saturated heterocycles. The number of hydrogen-bond acceptors (Lipinski definition) is 1. The average Bonchev–Trinajstić information content (AvgIpc) is 2.18. The molecule has 2 heteroatoms. The van der Waals surface area contributed by atoms with E-state index in [1.807, 2.05) is 37.3 Å². The van der Waals surface area contributed by atoms with Crippen molar-refractivity contribution in [2.75, 3.05) is 0 Å². The van der Waals surface area contributed by atoms with E-state index in [0.29, 0.717) is 5.02 Å². The molecule has 0 aliphatic carbocycles. The summed E-state index contributed by atoms with van der Waals surface area (Å²) < 4.78 is 0. The van der Waals surface area contributed by atoms with Crippen molar-refractivity contribution >= 4 is 28.7 Å². The van der Waals surface area contributed by atoms with Crippen LogP contribution >= 0.6 is 11.6 Å². The molecule has 0 aliphatic rings. The van der Waals surface area contributed by atoms with Gasteiger partial charge in [0.05, 0.1) is 0 Å². The van der Waals surface area contributed by atoms with Crippen LogP contribution < -0.4 is 0 Å². The topological polar surface area (TPSA) is 17.1 Å². The van der Waals surface area contributed by atoms with Gasteiger partial charge in [0, 0.05) is 16.0 Å². The van der Waals surface area contributed by atoms with E-state index in [2.05, 4.69) is 0 Å². The highest BCUT2D eigenvalue weighted by atomic mass is 35.5. The van der Waals surface area contributed by atoms with Crippen molar-refractivity contribution in [2.24, 2.45) is 0 Å². The van der Waals surface area contributed by atoms with Crippen molar-refractivity contribution in [3.63, 3.8) is 0 Å². The minimum Gasteiger partial charge on any atom is -0.298 e. The molecule has 0 amide bonds. The van der Waals surface area contributed by atoms with E-state index in [4.69, 9.17) is 11.6 Å². The van der Waals surface area contributed by atoms with Gasteiger partial charge in [-0.2, -0.15) is 0 Å². The van der Waals surface area contributed by atoms with Crippen LogP contribution in [0.4, 0.5) is 0 Å². The van der Waals surface area contributed by atoms with Gasteiger partial charge >= 0.3 is 0 Å². The predicted molar refractivity (Wildman–Crippen MR) is 59.1 cm³/mol. The second-order valence-corrected chi connectivity index (χ2v) is 3.66. The SMILES string of the molecule is Cc1ccc2c(Cl)cccc2c1C=O. The van der Waals surface area contributed by atoms with E-state index >= 15 is 0 Å². The summed E-state index contributed by atoms with van der Waals surface area (Å²) in [5, 5.41) is 2.54. The first-order valence-electron chi connectivity index (χ1n) is 4.37. The molecule has 0 saturated carbocycles. The Labute approximate surface area is 87.3 Å². The molecule has 0 unspecified atom stereocenters. The fraction of sp³-hybridized carbons (Fsp3) is 0.0833. The lowest BCUT2D eigenvalue weighted by Gasteiger charge is -2.05. The first-order chi connectivity index (χ1) is 6.74. The fourth-order valence-electron chi connectivity index (χ4n) is 1.61. The number of carbonyl (C=O) groups excluding carboxylic acids is 1. The Balaban J connectivity index is 2.95. The average molecular weight is 205 g/mol. The van der Waals surface area contributed by atoms with Crippen LogP contribution in [0.25, 0.3) is 10.8 Å². The van der Waals surface area contributed by atoms with Crippen LogP contribution in [0.3, 0.4) is 0 Å². The maximum atomic E-state index is 10.9. The van der Waals surface area contributed by atoms with Crippen LogP contribution in [0.1, 0.15) is 15.9 Å². The zero-order valence-electron chi connectivity index (χ0n) is 7.75. The number of benzene rings is 2. The van der Waals surface area contributed by atoms with Gasteiger partial charge in [-0.05, 0) is 23.9 Å². The summed E-state index contributed by atoms with van der Waals surface area (Å²) in [6, 6.07) is 9.46. The normalized spacial score (nSPS) is 10.4. The molecular weight excluding hydrogens is 196 g/mol. The third kappa shape index (κ3) is 1.30. The summed E-state index contributed by atoms with van der Waals surface area (Å²) >= 11 is 6.02. The zero-order valence-corrected chi connectivity index (χ0v) is 8.51. The molecule has 0 spiro atoms. The highest BCUT2D eigenvalue weighted by Gasteiger charge is 2.05. The summed E-state index contributed by atoms with van der Waals surface area (Å²) in [5.74, 6) is 0. The van der Waals surface area contributed by atoms with E-state index in [0.717, 1.165) is 28.2 Å². The number of aryl methyl sites for hydroxylation is 1. The molecule has 14 heavy (non-hydrogen) atoms. The Morgan fingerprint density at radius 2 is 1.93 bits per heavy atom. The predicted octanol–water partition coefficient (Wildman–Crippen LogP) is 3.61. The third-order valence-electron chi connectivity index (χ3n) is 2.39. The van der Waals surface area contributed by atoms with E-state index in [9.17, 15) is 4.79 Å². The van der Waals surface area contributed by atoms with Crippen molar-refractivity contribution in [3.05, 3.63) is 46.5 Å². The number of halogens is 1. The molecule has 2 aromatic carbocycles. The summed E-state index contributed by atoms with van der Waals surface area (Å²) in [6.45, 7) is 1.92. The Morgan fingerprint density at radius 3 is 2.64 bits per heavy atom. The Hall–Kier alpha value is -1.34. The van der Waals surface area contributed by atoms with Gasteiger partial charge in [0.25, 0.3) is 0 Å². The van der Waals surface area contributed by atoms with Crippen LogP contribution in [0.2, 0.25) is 5.02 Å². The minimum atomic E-state index is 0.686. The minimum absolute atomic E-state index is 0.686. The van der Waals surface area contributed by atoms with E-state index < -0.39 is 0 Å². The van der Waals surface area contributed by atoms with Crippen LogP contribution in [0.15, 0.2) is 30.3 Å². The van der Waals surface area contributed by atoms with E-state index in [1.54, 1.807) is 0 Å². The smallest absolute Gasteiger partial charge is 0.150 e. The molecule has 0 atom stereocenters. The maximum absolute atomic E-state index is 10.9. The number of hydrogen-bond donors (Lipinski definition) is 0. The second-order valence-electron chi connectivity index (χ2n) is 3.25. The van der Waals surface area contributed by atoms with Gasteiger partial charge in [0.1, 0.15) is 0 Å². The van der Waals surface area contributed by atoms with Crippen molar-refractivity contribution in [3.8, 4) is 0 Å². The second kappa shape index (κ2) is 3.43. The van der Waals surface area contributed by atoms with Gasteiger partial charge in [-0.1, -0.05) is 35.9 Å². The first-order valence-corrected chi connectivity index (χ1v) is 4.75. The van der Waals surface area contributed by atoms with Gasteiger partial charge in [0.2, 0.25) is 0 Å². The Kier molecular flexibility index (Phi) is 2.26. The Bertz CT molecular complexity index is 503. The lowest BCUT2D eigenvalue weighted by Crippen LogP contribution is -1.88. The molecule has 0 aromatic heterocycles. The maximum Gasteiger partial charge on any atom is 0.150 e. The molecule has 0 radical (unpaired) electrons. The van der Waals surface area contributed by atoms with Crippen molar-refractivity contribution in [2.45, 2.75) is 6.92 Å². The monoisotopic (exact) mass is 204 g/mol. The highest BCUT2D eigenvalue weighted by Crippen LogP contribution is 2.26. The van der Waals surface area contributed by atoms with E-state index in [-0.39, 0.29) is 0 Å². The van der Waals surface area contributed by atoms with Gasteiger partial charge in [-0.3, -0.25) is 4.79 Å². The largest absolute Gasteiger partial charge is 0.298 e. The van der Waals surface area contributed by atoms with Crippen LogP contribution in [0.5, 0.6) is 0 Å². The quantitative estimate of drug-likeness (QED) is 0.649. The fourth-order valence-corrected chi connectivity index (χ4v) is 1.85. The lowest BCUT2D eigenvalue weighted by molar-refractivity contribution is 0.112. The van der Waals surface area contributed by atoms with Crippen molar-refractivity contribution in [1.29, 1.82) is 0 Å². The van der Waals surface area contributed by atoms with Crippen molar-refractivity contribution in [1.82, 2.24) is 0 Å². The lowest BCUT2D eigenvalue weighted by atomic mass is 10.0. The van der Waals surface area contributed by atoms with Crippen LogP contribution in [-0.2, 0) is 0 Å². The van der Waals surface area contributed by atoms with Crippen LogP contribution in [-0.4, -0.2) is 6.29 Å². The van der Waals surface area contributed by atoms with Crippen molar-refractivity contribution < 1.29 is 4.79 Å². The molecule has 0 fully saturated rings. The molecule has 0 N–H and O–H groups in total. The number of aldehydes is 1. The Morgan fingerprint density at radius 1 is 1.14 bits per heavy atom. The molecule has 0 aliphatic heterocycles. The summed E-state index contributed by atoms with van der Waals surface area (Å²) in [5.41, 5.74) is 1.71. The van der Waals surface area contributed by atoms with Crippen LogP contribution in [0, 0.1) is 6.92 Å². The van der Waals surface area contributed by atoms with Gasteiger partial charge in [0.15, 0.2) is 6.29 Å². The molecule has 1 nitrogen and oxygen atoms in total. The van der Waals surface area contributed by atoms with Gasteiger partial charge < -0.3 is 0 Å². The molecule has 2 rings (SSSR count). The third-order valence-corrected chi connectivity index (χ3v) is 2.72. The number of carbonyl (C=O) groups is 1. The summed E-state index contributed by atoms with van der Waals surface area (Å²) in [7, 11) is 0. The van der Waals surface area contributed by atoms with Gasteiger partial charge in [-0.25, -0.2) is 0 Å². The molecule has 0 heterocycles. The molecule has 0 bridgehead atoms. The van der Waals surface area contributed by atoms with Gasteiger partial charge in [-0.15, -0.1) is 0 Å². The number of rotatable bonds is 1. The standard InChI is InChI=1S/C12H9ClO/c1-8-5-6-10-9(11(8)7-14)3-2-4-12(10)13/h2-7H,1H3. The first kappa shape index (κ1) is 9.22. The molecule has 2 aromatic rings. The molecular formula is C12H9ClO. The number of fused-ring (bicyclic) bond motifs is 1. The molecule has 70 valence electrons. The summed E-state index contributed by atoms with van der Waals surface area (Å²) in [6.07, 6.45) is 0.883. The zero-order chi connectivity index (χ0) is 10.1. The summed E-state index contributed by atoms with van der Waals surface area (Å²) in [4.78, 5) is 10.9. The highest BCUT2D eigenvalue weighted by molar-refractivity contribution is 6.35.